The molecular formula is C35H52O13. The molecule has 270 valence electrons. The third-order valence-corrected chi connectivity index (χ3v) is 13.6. The van der Waals surface area contributed by atoms with E-state index in [1.807, 2.05) is 0 Å². The van der Waals surface area contributed by atoms with E-state index in [0.717, 1.165) is 50.5 Å². The van der Waals surface area contributed by atoms with Crippen LogP contribution in [0.2, 0.25) is 0 Å². The van der Waals surface area contributed by atoms with Gasteiger partial charge in [-0.15, -0.1) is 0 Å². The number of esters is 1. The van der Waals surface area contributed by atoms with E-state index in [9.17, 15) is 40.5 Å². The largest absolute Gasteiger partial charge is 0.458 e. The van der Waals surface area contributed by atoms with Gasteiger partial charge in [-0.05, 0) is 87.0 Å². The Balaban J connectivity index is 1.01. The van der Waals surface area contributed by atoms with Crippen LogP contribution in [0.3, 0.4) is 0 Å². The smallest absolute Gasteiger partial charge is 0.331 e. The predicted octanol–water partition coefficient (Wildman–Crippen LogP) is 0.200. The summed E-state index contributed by atoms with van der Waals surface area (Å²) in [6.45, 7) is 5.86. The van der Waals surface area contributed by atoms with Crippen molar-refractivity contribution in [1.82, 2.24) is 0 Å². The van der Waals surface area contributed by atoms with Gasteiger partial charge in [0.25, 0.3) is 0 Å². The predicted molar refractivity (Wildman–Crippen MR) is 166 cm³/mol. The standard InChI is InChI=1S/C35H52O13/c1-16-30(48-32-28(41)26(39)25(38)23(14-36)47-32)27(40)29(42)31(45-16)46-19-6-9-33(2)18(13-19)4-5-22-21(33)7-10-34(3)20(8-11-35(22,34)43)17-12-24(37)44-15-17/h12-13,16,19-23,25-32,36,38-43H,4-11,14-15H2,1-3H3. The van der Waals surface area contributed by atoms with Crippen molar-refractivity contribution in [2.24, 2.45) is 28.6 Å². The van der Waals surface area contributed by atoms with Gasteiger partial charge in [0.1, 0.15) is 49.3 Å². The number of cyclic esters (lactones) is 1. The summed E-state index contributed by atoms with van der Waals surface area (Å²) in [6, 6.07) is 0. The average Bonchev–Trinajstić information content (AvgIpc) is 3.61. The number of aliphatic hydroxyl groups is 7. The summed E-state index contributed by atoms with van der Waals surface area (Å²) in [5.41, 5.74) is 1.10. The summed E-state index contributed by atoms with van der Waals surface area (Å²) in [5, 5.41) is 74.6. The fourth-order valence-electron chi connectivity index (χ4n) is 10.8. The van der Waals surface area contributed by atoms with Gasteiger partial charge >= 0.3 is 5.97 Å². The molecule has 3 aliphatic heterocycles. The number of fused-ring (bicyclic) bond motifs is 5. The second-order valence-electron chi connectivity index (χ2n) is 15.9. The maximum absolute atomic E-state index is 12.5. The van der Waals surface area contributed by atoms with Crippen molar-refractivity contribution in [3.63, 3.8) is 0 Å². The van der Waals surface area contributed by atoms with Crippen LogP contribution >= 0.6 is 0 Å². The molecule has 0 radical (unpaired) electrons. The molecule has 17 unspecified atom stereocenters. The number of hydrogen-bond donors (Lipinski definition) is 7. The second-order valence-corrected chi connectivity index (χ2v) is 15.9. The van der Waals surface area contributed by atoms with E-state index < -0.39 is 73.6 Å². The average molecular weight is 681 g/mol. The van der Waals surface area contributed by atoms with E-state index >= 15 is 0 Å². The quantitative estimate of drug-likeness (QED) is 0.148. The molecule has 17 atom stereocenters. The Labute approximate surface area is 280 Å². The minimum Gasteiger partial charge on any atom is -0.458 e. The molecule has 0 aromatic carbocycles. The lowest BCUT2D eigenvalue weighted by Crippen LogP contribution is -2.64. The number of ether oxygens (including phenoxy) is 5. The normalized spacial score (nSPS) is 53.7. The van der Waals surface area contributed by atoms with Crippen molar-refractivity contribution < 1.29 is 64.2 Å². The van der Waals surface area contributed by atoms with E-state index in [1.54, 1.807) is 13.0 Å². The number of allylic oxidation sites excluding steroid dienone is 1. The molecule has 3 heterocycles. The number of carbonyl (C=O) groups is 1. The summed E-state index contributed by atoms with van der Waals surface area (Å²) in [7, 11) is 0. The van der Waals surface area contributed by atoms with Crippen molar-refractivity contribution in [1.29, 1.82) is 0 Å². The Kier molecular flexibility index (Phi) is 9.19. The molecule has 7 aliphatic rings. The van der Waals surface area contributed by atoms with E-state index in [2.05, 4.69) is 19.9 Å². The molecular weight excluding hydrogens is 628 g/mol. The highest BCUT2D eigenvalue weighted by molar-refractivity contribution is 5.85. The maximum Gasteiger partial charge on any atom is 0.331 e. The molecule has 7 rings (SSSR count). The first-order chi connectivity index (χ1) is 22.7. The van der Waals surface area contributed by atoms with Gasteiger partial charge in [0.2, 0.25) is 0 Å². The molecule has 13 heteroatoms. The van der Waals surface area contributed by atoms with Gasteiger partial charge in [-0.3, -0.25) is 0 Å². The molecule has 0 spiro atoms. The molecule has 2 saturated heterocycles. The topological polar surface area (TPSA) is 205 Å². The van der Waals surface area contributed by atoms with Gasteiger partial charge in [0.15, 0.2) is 12.6 Å². The molecule has 48 heavy (non-hydrogen) atoms. The highest BCUT2D eigenvalue weighted by Gasteiger charge is 2.67. The Hall–Kier alpha value is -1.49. The fraction of sp³-hybridized carbons (Fsp3) is 0.857. The number of hydrogen-bond acceptors (Lipinski definition) is 13. The van der Waals surface area contributed by atoms with Gasteiger partial charge in [0.05, 0.1) is 24.4 Å². The number of aliphatic hydroxyl groups excluding tert-OH is 6. The molecule has 0 bridgehead atoms. The van der Waals surface area contributed by atoms with Crippen LogP contribution in [0.4, 0.5) is 0 Å². The molecule has 5 fully saturated rings. The van der Waals surface area contributed by atoms with E-state index in [-0.39, 0.29) is 34.7 Å². The van der Waals surface area contributed by atoms with Crippen LogP contribution in [0.1, 0.15) is 72.1 Å². The summed E-state index contributed by atoms with van der Waals surface area (Å²) in [5.74, 6) is 0.322. The van der Waals surface area contributed by atoms with Crippen LogP contribution in [0, 0.1) is 28.6 Å². The minimum atomic E-state index is -1.66. The van der Waals surface area contributed by atoms with Crippen molar-refractivity contribution in [3.05, 3.63) is 23.3 Å². The first-order valence-electron chi connectivity index (χ1n) is 17.7. The first-order valence-corrected chi connectivity index (χ1v) is 17.7. The molecule has 7 N–H and O–H groups in total. The van der Waals surface area contributed by atoms with Crippen molar-refractivity contribution >= 4 is 5.97 Å². The van der Waals surface area contributed by atoms with E-state index in [4.69, 9.17) is 23.7 Å². The van der Waals surface area contributed by atoms with Crippen LogP contribution in [0.5, 0.6) is 0 Å². The molecule has 0 aromatic rings. The maximum atomic E-state index is 12.5. The summed E-state index contributed by atoms with van der Waals surface area (Å²) < 4.78 is 28.7. The van der Waals surface area contributed by atoms with E-state index in [0.29, 0.717) is 18.9 Å². The monoisotopic (exact) mass is 680 g/mol. The summed E-state index contributed by atoms with van der Waals surface area (Å²) in [6.07, 6.45) is -3.55. The van der Waals surface area contributed by atoms with Crippen LogP contribution in [-0.4, -0.2) is 128 Å². The number of carbonyl (C=O) groups excluding carboxylic acids is 1. The van der Waals surface area contributed by atoms with Crippen molar-refractivity contribution in [3.8, 4) is 0 Å². The highest BCUT2D eigenvalue weighted by atomic mass is 16.7. The van der Waals surface area contributed by atoms with Gasteiger partial charge in [-0.2, -0.15) is 0 Å². The lowest BCUT2D eigenvalue weighted by atomic mass is 9.45. The van der Waals surface area contributed by atoms with Crippen molar-refractivity contribution in [2.45, 2.75) is 145 Å². The summed E-state index contributed by atoms with van der Waals surface area (Å²) in [4.78, 5) is 11.9. The molecule has 13 nitrogen and oxygen atoms in total. The Morgan fingerprint density at radius 3 is 2.29 bits per heavy atom. The van der Waals surface area contributed by atoms with Gasteiger partial charge in [0, 0.05) is 11.5 Å². The zero-order chi connectivity index (χ0) is 34.3. The SMILES string of the molecule is CC1OC(OC2C=C3CCC4C(CCC5(C)C(C6=CC(=O)OC6)CCC45O)C3(C)CC2)C(O)C(O)C1OC1OC(CO)C(O)C(O)C1O. The van der Waals surface area contributed by atoms with Crippen LogP contribution in [0.15, 0.2) is 23.3 Å². The zero-order valence-electron chi connectivity index (χ0n) is 27.9. The molecule has 3 saturated carbocycles. The van der Waals surface area contributed by atoms with Crippen LogP contribution < -0.4 is 0 Å². The van der Waals surface area contributed by atoms with Crippen LogP contribution in [0.25, 0.3) is 0 Å². The summed E-state index contributed by atoms with van der Waals surface area (Å²) >= 11 is 0. The third-order valence-electron chi connectivity index (χ3n) is 13.6. The number of rotatable bonds is 6. The van der Waals surface area contributed by atoms with Crippen LogP contribution in [-0.2, 0) is 28.5 Å². The van der Waals surface area contributed by atoms with Crippen molar-refractivity contribution in [2.75, 3.05) is 13.2 Å². The lowest BCUT2D eigenvalue weighted by Gasteiger charge is -2.62. The molecule has 0 aromatic heterocycles. The highest BCUT2D eigenvalue weighted by Crippen LogP contribution is 2.69. The molecule has 4 aliphatic carbocycles. The van der Waals surface area contributed by atoms with E-state index in [1.165, 1.54) is 5.57 Å². The second kappa shape index (κ2) is 12.6. The zero-order valence-corrected chi connectivity index (χ0v) is 27.9. The fourth-order valence-corrected chi connectivity index (χ4v) is 10.8. The Bertz CT molecular complexity index is 1300. The Morgan fingerprint density at radius 2 is 1.58 bits per heavy atom. The Morgan fingerprint density at radius 1 is 0.854 bits per heavy atom. The van der Waals surface area contributed by atoms with Gasteiger partial charge < -0.3 is 59.4 Å². The molecule has 0 amide bonds. The first kappa shape index (κ1) is 34.9. The third kappa shape index (κ3) is 5.35. The minimum absolute atomic E-state index is 0.104. The lowest BCUT2D eigenvalue weighted by molar-refractivity contribution is -0.357. The van der Waals surface area contributed by atoms with Gasteiger partial charge in [-0.1, -0.05) is 25.5 Å². The van der Waals surface area contributed by atoms with Gasteiger partial charge in [-0.25, -0.2) is 4.79 Å².